The molecule has 2 amide bonds. The Kier molecular flexibility index (Phi) is 7.61. The molecule has 1 saturated heterocycles. The fourth-order valence-electron chi connectivity index (χ4n) is 3.48. The maximum absolute atomic E-state index is 12.6. The fraction of sp³-hybridized carbons (Fsp3) is 0.400. The van der Waals surface area contributed by atoms with Crippen molar-refractivity contribution in [2.75, 3.05) is 22.6 Å². The van der Waals surface area contributed by atoms with E-state index < -0.39 is 0 Å². The van der Waals surface area contributed by atoms with Gasteiger partial charge in [0, 0.05) is 17.8 Å². The van der Waals surface area contributed by atoms with Crippen LogP contribution in [0, 0.1) is 0 Å². The Hall–Kier alpha value is -2.80. The molecule has 1 fully saturated rings. The van der Waals surface area contributed by atoms with Crippen molar-refractivity contribution in [1.82, 2.24) is 0 Å². The van der Waals surface area contributed by atoms with Gasteiger partial charge in [0.05, 0.1) is 18.8 Å². The Morgan fingerprint density at radius 3 is 2.31 bits per heavy atom. The Balaban J connectivity index is 1.67. The zero-order valence-corrected chi connectivity index (χ0v) is 19.8. The Morgan fingerprint density at radius 2 is 1.72 bits per heavy atom. The highest BCUT2D eigenvalue weighted by atomic mass is 32.2. The molecule has 1 aliphatic heterocycles. The standard InChI is InChI=1S/C25H30N2O4S/c1-5-31-23(30)15-14-21(28)26-19-10-6-17(7-11-19)24-27(22(29)16-32-24)20-12-8-18(9-13-20)25(2,3)4/h6-13,24H,5,14-16H2,1-4H3,(H,26,28). The lowest BCUT2D eigenvalue weighted by Crippen LogP contribution is -2.28. The molecule has 0 radical (unpaired) electrons. The number of amides is 2. The van der Waals surface area contributed by atoms with Gasteiger partial charge in [0.1, 0.15) is 5.37 Å². The molecule has 2 aromatic carbocycles. The van der Waals surface area contributed by atoms with Crippen molar-refractivity contribution in [2.24, 2.45) is 0 Å². The predicted octanol–water partition coefficient (Wildman–Crippen LogP) is 5.04. The van der Waals surface area contributed by atoms with Crippen molar-refractivity contribution >= 4 is 40.9 Å². The van der Waals surface area contributed by atoms with Gasteiger partial charge in [-0.3, -0.25) is 19.3 Å². The zero-order valence-electron chi connectivity index (χ0n) is 19.0. The van der Waals surface area contributed by atoms with Gasteiger partial charge in [-0.05, 0) is 47.7 Å². The summed E-state index contributed by atoms with van der Waals surface area (Å²) in [6, 6.07) is 15.7. The molecule has 1 heterocycles. The third-order valence-corrected chi connectivity index (χ3v) is 6.43. The zero-order chi connectivity index (χ0) is 23.3. The molecule has 6 nitrogen and oxygen atoms in total. The first-order valence-electron chi connectivity index (χ1n) is 10.8. The second kappa shape index (κ2) is 10.2. The number of benzene rings is 2. The third-order valence-electron chi connectivity index (χ3n) is 5.22. The first kappa shape index (κ1) is 23.9. The van der Waals surface area contributed by atoms with Crippen molar-refractivity contribution in [3.05, 3.63) is 59.7 Å². The van der Waals surface area contributed by atoms with E-state index in [0.29, 0.717) is 18.0 Å². The molecule has 0 saturated carbocycles. The number of rotatable bonds is 7. The summed E-state index contributed by atoms with van der Waals surface area (Å²) in [6.07, 6.45) is 0.132. The van der Waals surface area contributed by atoms with Gasteiger partial charge in [0.2, 0.25) is 11.8 Å². The summed E-state index contributed by atoms with van der Waals surface area (Å²) in [4.78, 5) is 37.9. The predicted molar refractivity (Wildman–Crippen MR) is 129 cm³/mol. The van der Waals surface area contributed by atoms with Crippen LogP contribution in [-0.4, -0.2) is 30.1 Å². The molecule has 7 heteroatoms. The molecule has 32 heavy (non-hydrogen) atoms. The van der Waals surface area contributed by atoms with Crippen molar-refractivity contribution in [1.29, 1.82) is 0 Å². The molecule has 1 aliphatic rings. The smallest absolute Gasteiger partial charge is 0.306 e. The minimum Gasteiger partial charge on any atom is -0.466 e. The number of thioether (sulfide) groups is 1. The normalized spacial score (nSPS) is 16.2. The van der Waals surface area contributed by atoms with E-state index in [9.17, 15) is 14.4 Å². The van der Waals surface area contributed by atoms with Crippen molar-refractivity contribution in [3.63, 3.8) is 0 Å². The molecule has 3 rings (SSSR count). The summed E-state index contributed by atoms with van der Waals surface area (Å²) >= 11 is 1.59. The molecule has 0 bridgehead atoms. The number of carbonyl (C=O) groups excluding carboxylic acids is 3. The molecular weight excluding hydrogens is 424 g/mol. The third kappa shape index (κ3) is 5.91. The van der Waals surface area contributed by atoms with Gasteiger partial charge >= 0.3 is 5.97 Å². The number of hydrogen-bond donors (Lipinski definition) is 1. The number of nitrogens with zero attached hydrogens (tertiary/aromatic N) is 1. The van der Waals surface area contributed by atoms with Crippen LogP contribution in [-0.2, 0) is 24.5 Å². The Bertz CT molecular complexity index is 965. The van der Waals surface area contributed by atoms with Gasteiger partial charge in [0.15, 0.2) is 0 Å². The highest BCUT2D eigenvalue weighted by Gasteiger charge is 2.34. The van der Waals surface area contributed by atoms with E-state index in [1.807, 2.05) is 41.3 Å². The van der Waals surface area contributed by atoms with Crippen LogP contribution in [0.5, 0.6) is 0 Å². The Morgan fingerprint density at radius 1 is 1.06 bits per heavy atom. The molecule has 0 aromatic heterocycles. The van der Waals surface area contributed by atoms with Crippen molar-refractivity contribution in [3.8, 4) is 0 Å². The minimum absolute atomic E-state index is 0.0538. The van der Waals surface area contributed by atoms with Crippen LogP contribution in [0.3, 0.4) is 0 Å². The van der Waals surface area contributed by atoms with Gasteiger partial charge in [-0.25, -0.2) is 0 Å². The molecule has 0 spiro atoms. The average Bonchev–Trinajstić information content (AvgIpc) is 3.14. The van der Waals surface area contributed by atoms with Crippen LogP contribution >= 0.6 is 11.8 Å². The molecule has 170 valence electrons. The van der Waals surface area contributed by atoms with Crippen LogP contribution in [0.1, 0.15) is 57.0 Å². The van der Waals surface area contributed by atoms with Gasteiger partial charge < -0.3 is 10.1 Å². The van der Waals surface area contributed by atoms with Crippen molar-refractivity contribution in [2.45, 2.75) is 51.3 Å². The van der Waals surface area contributed by atoms with E-state index in [4.69, 9.17) is 4.74 Å². The maximum Gasteiger partial charge on any atom is 0.306 e. The summed E-state index contributed by atoms with van der Waals surface area (Å²) in [5.41, 5.74) is 3.80. The van der Waals surface area contributed by atoms with Crippen molar-refractivity contribution < 1.29 is 19.1 Å². The van der Waals surface area contributed by atoms with Crippen LogP contribution in [0.4, 0.5) is 11.4 Å². The largest absolute Gasteiger partial charge is 0.466 e. The van der Waals surface area contributed by atoms with Crippen LogP contribution in [0.15, 0.2) is 48.5 Å². The summed E-state index contributed by atoms with van der Waals surface area (Å²) < 4.78 is 4.84. The van der Waals surface area contributed by atoms with E-state index in [-0.39, 0.29) is 41.4 Å². The molecule has 1 atom stereocenters. The van der Waals surface area contributed by atoms with Gasteiger partial charge in [-0.1, -0.05) is 45.0 Å². The monoisotopic (exact) mass is 454 g/mol. The summed E-state index contributed by atoms with van der Waals surface area (Å²) in [5.74, 6) is -0.105. The first-order valence-corrected chi connectivity index (χ1v) is 11.8. The number of ether oxygens (including phenoxy) is 1. The lowest BCUT2D eigenvalue weighted by molar-refractivity contribution is -0.144. The fourth-order valence-corrected chi connectivity index (χ4v) is 4.65. The van der Waals surface area contributed by atoms with Crippen LogP contribution in [0.25, 0.3) is 0 Å². The van der Waals surface area contributed by atoms with E-state index >= 15 is 0 Å². The number of esters is 1. The molecule has 0 aliphatic carbocycles. The first-order chi connectivity index (χ1) is 15.2. The highest BCUT2D eigenvalue weighted by molar-refractivity contribution is 8.00. The topological polar surface area (TPSA) is 75.7 Å². The summed E-state index contributed by atoms with van der Waals surface area (Å²) in [6.45, 7) is 8.54. The second-order valence-electron chi connectivity index (χ2n) is 8.70. The van der Waals surface area contributed by atoms with Crippen LogP contribution < -0.4 is 10.2 Å². The molecular formula is C25H30N2O4S. The highest BCUT2D eigenvalue weighted by Crippen LogP contribution is 2.42. The van der Waals surface area contributed by atoms with E-state index in [1.165, 1.54) is 5.56 Å². The Labute approximate surface area is 193 Å². The lowest BCUT2D eigenvalue weighted by Gasteiger charge is -2.26. The lowest BCUT2D eigenvalue weighted by atomic mass is 9.87. The molecule has 2 aromatic rings. The summed E-state index contributed by atoms with van der Waals surface area (Å²) in [7, 11) is 0. The van der Waals surface area contributed by atoms with E-state index in [1.54, 1.807) is 18.7 Å². The quantitative estimate of drug-likeness (QED) is 0.593. The number of carbonyl (C=O) groups is 3. The second-order valence-corrected chi connectivity index (χ2v) is 9.77. The number of anilines is 2. The number of hydrogen-bond acceptors (Lipinski definition) is 5. The molecule has 1 N–H and O–H groups in total. The molecule has 1 unspecified atom stereocenters. The maximum atomic E-state index is 12.6. The SMILES string of the molecule is CCOC(=O)CCC(=O)Nc1ccc(C2SCC(=O)N2c2ccc(C(C)(C)C)cc2)cc1. The van der Waals surface area contributed by atoms with Gasteiger partial charge in [-0.15, -0.1) is 11.8 Å². The number of nitrogens with one attached hydrogen (secondary N) is 1. The van der Waals surface area contributed by atoms with E-state index in [2.05, 4.69) is 38.2 Å². The minimum atomic E-state index is -0.378. The average molecular weight is 455 g/mol. The van der Waals surface area contributed by atoms with Crippen LogP contribution in [0.2, 0.25) is 0 Å². The van der Waals surface area contributed by atoms with E-state index in [0.717, 1.165) is 11.3 Å². The van der Waals surface area contributed by atoms with Gasteiger partial charge in [0.25, 0.3) is 0 Å². The van der Waals surface area contributed by atoms with Gasteiger partial charge in [-0.2, -0.15) is 0 Å². The summed E-state index contributed by atoms with van der Waals surface area (Å²) in [5, 5.41) is 2.68.